The first-order chi connectivity index (χ1) is 14.7. The largest absolute Gasteiger partial charge is 0.473 e. The zero-order chi connectivity index (χ0) is 22.6. The summed E-state index contributed by atoms with van der Waals surface area (Å²) in [5, 5.41) is 2.63. The maximum absolute atomic E-state index is 11.7. The molecule has 0 saturated heterocycles. The highest BCUT2D eigenvalue weighted by molar-refractivity contribution is 5.93. The fourth-order valence-corrected chi connectivity index (χ4v) is 2.60. The van der Waals surface area contributed by atoms with E-state index in [4.69, 9.17) is 24.0 Å². The Morgan fingerprint density at radius 1 is 1.29 bits per heavy atom. The van der Waals surface area contributed by atoms with Crippen LogP contribution in [0.25, 0.3) is 0 Å². The van der Waals surface area contributed by atoms with Crippen molar-refractivity contribution in [3.63, 3.8) is 0 Å². The number of nitrogens with two attached hydrogens (primary N) is 1. The fourth-order valence-electron chi connectivity index (χ4n) is 2.60. The molecule has 0 spiro atoms. The maximum atomic E-state index is 11.7. The zero-order valence-corrected chi connectivity index (χ0v) is 17.7. The summed E-state index contributed by atoms with van der Waals surface area (Å²) in [7, 11) is 1.26. The predicted molar refractivity (Wildman–Crippen MR) is 105 cm³/mol. The number of aromatic nitrogens is 2. The van der Waals surface area contributed by atoms with Crippen molar-refractivity contribution in [3.8, 4) is 0 Å². The van der Waals surface area contributed by atoms with Gasteiger partial charge in [0.15, 0.2) is 17.4 Å². The first-order valence-electron chi connectivity index (χ1n) is 9.59. The standard InChI is InChI=1S/C19H25N5O7/c1-19(2,3)31-18(26)21-6-5-10(20)14-22-11(7-28-14)15-23-12(8-29-15)16-24-13(9-30-16)17(25)27-4/h7,9-10,12H,5-6,8,20H2,1-4H3,(H,21,26). The normalized spacial score (nSPS) is 16.9. The van der Waals surface area contributed by atoms with Gasteiger partial charge in [0.05, 0.1) is 13.2 Å². The van der Waals surface area contributed by atoms with E-state index in [1.54, 1.807) is 20.8 Å². The SMILES string of the molecule is COC(=O)c1coc(C2COC(c3coc(C(N)CCNC(=O)OC(C)(C)C)n3)=N2)n1. The van der Waals surface area contributed by atoms with Gasteiger partial charge in [-0.2, -0.15) is 0 Å². The van der Waals surface area contributed by atoms with Crippen LogP contribution in [0, 0.1) is 0 Å². The Labute approximate surface area is 178 Å². The number of esters is 1. The molecule has 12 nitrogen and oxygen atoms in total. The van der Waals surface area contributed by atoms with E-state index in [0.717, 1.165) is 0 Å². The smallest absolute Gasteiger partial charge is 0.407 e. The van der Waals surface area contributed by atoms with Crippen molar-refractivity contribution in [2.75, 3.05) is 20.3 Å². The molecule has 1 aliphatic heterocycles. The minimum Gasteiger partial charge on any atom is -0.473 e. The molecule has 168 valence electrons. The summed E-state index contributed by atoms with van der Waals surface area (Å²) < 4.78 is 26.0. The van der Waals surface area contributed by atoms with E-state index in [1.807, 2.05) is 0 Å². The van der Waals surface area contributed by atoms with Crippen molar-refractivity contribution in [3.05, 3.63) is 35.7 Å². The molecule has 2 aromatic rings. The lowest BCUT2D eigenvalue weighted by Crippen LogP contribution is -2.34. The third kappa shape index (κ3) is 5.81. The van der Waals surface area contributed by atoms with E-state index >= 15 is 0 Å². The van der Waals surface area contributed by atoms with Crippen LogP contribution in [0.2, 0.25) is 0 Å². The van der Waals surface area contributed by atoms with Crippen LogP contribution in [0.5, 0.6) is 0 Å². The van der Waals surface area contributed by atoms with E-state index in [2.05, 4.69) is 25.0 Å². The van der Waals surface area contributed by atoms with Crippen molar-refractivity contribution in [2.24, 2.45) is 10.7 Å². The van der Waals surface area contributed by atoms with Crippen molar-refractivity contribution >= 4 is 18.0 Å². The van der Waals surface area contributed by atoms with Gasteiger partial charge in [-0.3, -0.25) is 0 Å². The average molecular weight is 435 g/mol. The number of aliphatic imine (C=N–C) groups is 1. The summed E-state index contributed by atoms with van der Waals surface area (Å²) in [5.74, 6) is 0.148. The van der Waals surface area contributed by atoms with Gasteiger partial charge < -0.3 is 34.1 Å². The second-order valence-corrected chi connectivity index (χ2v) is 7.72. The summed E-state index contributed by atoms with van der Waals surface area (Å²) in [6.07, 6.45) is 2.46. The molecule has 1 amide bonds. The molecule has 3 rings (SSSR count). The molecular weight excluding hydrogens is 410 g/mol. The number of oxazole rings is 2. The Bertz CT molecular complexity index is 959. The third-order valence-electron chi connectivity index (χ3n) is 4.03. The Balaban J connectivity index is 1.55. The van der Waals surface area contributed by atoms with E-state index in [9.17, 15) is 9.59 Å². The van der Waals surface area contributed by atoms with Gasteiger partial charge >= 0.3 is 12.1 Å². The van der Waals surface area contributed by atoms with Gasteiger partial charge in [-0.1, -0.05) is 0 Å². The van der Waals surface area contributed by atoms with E-state index in [1.165, 1.54) is 19.6 Å². The predicted octanol–water partition coefficient (Wildman–Crippen LogP) is 1.88. The molecule has 0 aliphatic carbocycles. The first-order valence-corrected chi connectivity index (χ1v) is 9.59. The molecule has 2 unspecified atom stereocenters. The van der Waals surface area contributed by atoms with Crippen LogP contribution in [0.15, 0.2) is 26.4 Å². The summed E-state index contributed by atoms with van der Waals surface area (Å²) in [6, 6.07) is -1.07. The summed E-state index contributed by atoms with van der Waals surface area (Å²) in [4.78, 5) is 35.9. The number of amides is 1. The Kier molecular flexibility index (Phi) is 6.59. The van der Waals surface area contributed by atoms with Crippen LogP contribution >= 0.6 is 0 Å². The van der Waals surface area contributed by atoms with Gasteiger partial charge in [0.2, 0.25) is 17.7 Å². The van der Waals surface area contributed by atoms with Gasteiger partial charge in [-0.05, 0) is 27.2 Å². The molecule has 12 heteroatoms. The molecule has 1 aliphatic rings. The Hall–Kier alpha value is -3.41. The Morgan fingerprint density at radius 3 is 2.77 bits per heavy atom. The number of methoxy groups -OCH3 is 1. The maximum Gasteiger partial charge on any atom is 0.407 e. The number of alkyl carbamates (subject to hydrolysis) is 1. The number of carbonyl (C=O) groups is 2. The van der Waals surface area contributed by atoms with Crippen LogP contribution in [0.3, 0.4) is 0 Å². The number of nitrogens with one attached hydrogen (secondary N) is 1. The minimum absolute atomic E-state index is 0.0517. The first kappa shape index (κ1) is 22.3. The van der Waals surface area contributed by atoms with Crippen molar-refractivity contribution in [1.82, 2.24) is 15.3 Å². The number of nitrogens with zero attached hydrogens (tertiary/aromatic N) is 3. The highest BCUT2D eigenvalue weighted by atomic mass is 16.6. The van der Waals surface area contributed by atoms with Crippen LogP contribution < -0.4 is 11.1 Å². The van der Waals surface area contributed by atoms with Crippen LogP contribution in [0.1, 0.15) is 67.2 Å². The topological polar surface area (TPSA) is 164 Å². The van der Waals surface area contributed by atoms with Gasteiger partial charge in [0, 0.05) is 6.54 Å². The molecular formula is C19H25N5O7. The average Bonchev–Trinajstić information content (AvgIpc) is 3.45. The minimum atomic E-state index is -0.602. The lowest BCUT2D eigenvalue weighted by atomic mass is 10.2. The Morgan fingerprint density at radius 2 is 2.06 bits per heavy atom. The number of ether oxygens (including phenoxy) is 3. The second-order valence-electron chi connectivity index (χ2n) is 7.72. The number of rotatable bonds is 7. The lowest BCUT2D eigenvalue weighted by Gasteiger charge is -2.19. The van der Waals surface area contributed by atoms with E-state index in [0.29, 0.717) is 18.7 Å². The van der Waals surface area contributed by atoms with Crippen LogP contribution in [-0.4, -0.2) is 53.8 Å². The molecule has 3 N–H and O–H groups in total. The van der Waals surface area contributed by atoms with Crippen LogP contribution in [0.4, 0.5) is 4.79 Å². The van der Waals surface area contributed by atoms with E-state index in [-0.39, 0.29) is 30.0 Å². The highest BCUT2D eigenvalue weighted by Gasteiger charge is 2.29. The molecule has 0 radical (unpaired) electrons. The molecule has 0 fully saturated rings. The van der Waals surface area contributed by atoms with Crippen molar-refractivity contribution in [2.45, 2.75) is 44.9 Å². The summed E-state index contributed by atoms with van der Waals surface area (Å²) >= 11 is 0. The third-order valence-corrected chi connectivity index (χ3v) is 4.03. The molecule has 0 bridgehead atoms. The monoisotopic (exact) mass is 435 g/mol. The molecule has 2 atom stereocenters. The van der Waals surface area contributed by atoms with Crippen molar-refractivity contribution < 1.29 is 32.6 Å². The number of hydrogen-bond donors (Lipinski definition) is 2. The van der Waals surface area contributed by atoms with Gasteiger partial charge in [0.25, 0.3) is 0 Å². The molecule has 0 saturated carbocycles. The molecule has 31 heavy (non-hydrogen) atoms. The highest BCUT2D eigenvalue weighted by Crippen LogP contribution is 2.25. The lowest BCUT2D eigenvalue weighted by molar-refractivity contribution is 0.0524. The molecule has 0 aromatic carbocycles. The van der Waals surface area contributed by atoms with Gasteiger partial charge in [-0.25, -0.2) is 24.5 Å². The number of hydrogen-bond acceptors (Lipinski definition) is 11. The second kappa shape index (κ2) is 9.16. The van der Waals surface area contributed by atoms with Crippen LogP contribution in [-0.2, 0) is 14.2 Å². The number of carbonyl (C=O) groups excluding carboxylic acids is 2. The van der Waals surface area contributed by atoms with Crippen molar-refractivity contribution in [1.29, 1.82) is 0 Å². The van der Waals surface area contributed by atoms with E-state index < -0.39 is 29.7 Å². The molecule has 2 aromatic heterocycles. The molecule has 3 heterocycles. The summed E-state index contributed by atoms with van der Waals surface area (Å²) in [5.41, 5.74) is 5.93. The quantitative estimate of drug-likeness (QED) is 0.613. The van der Waals surface area contributed by atoms with Gasteiger partial charge in [-0.15, -0.1) is 0 Å². The van der Waals surface area contributed by atoms with Gasteiger partial charge in [0.1, 0.15) is 24.7 Å². The summed E-state index contributed by atoms with van der Waals surface area (Å²) in [6.45, 7) is 5.81. The zero-order valence-electron chi connectivity index (χ0n) is 17.7. The fraction of sp³-hybridized carbons (Fsp3) is 0.526.